The average Bonchev–Trinajstić information content (AvgIpc) is 3.06. The molecule has 0 bridgehead atoms. The van der Waals surface area contributed by atoms with E-state index < -0.39 is 0 Å². The predicted molar refractivity (Wildman–Crippen MR) is 75.5 cm³/mol. The van der Waals surface area contributed by atoms with Gasteiger partial charge in [-0.2, -0.15) is 14.6 Å². The molecule has 0 aliphatic heterocycles. The minimum absolute atomic E-state index is 0.631. The lowest BCUT2D eigenvalue weighted by molar-refractivity contribution is 0.740. The van der Waals surface area contributed by atoms with Crippen molar-refractivity contribution in [1.29, 1.82) is 0 Å². The summed E-state index contributed by atoms with van der Waals surface area (Å²) in [5, 5.41) is 4.24. The SMILES string of the molecule is CCc1cc(N(C)Cc2nccn2C)n2ncnc2n1. The van der Waals surface area contributed by atoms with E-state index in [1.807, 2.05) is 30.9 Å². The number of imidazole rings is 1. The van der Waals surface area contributed by atoms with Gasteiger partial charge in [-0.05, 0) is 6.42 Å². The standard InChI is InChI=1S/C13H17N7/c1-4-10-7-12(20-13(17-10)15-9-16-20)19(3)8-11-14-5-6-18(11)2/h5-7,9H,4,8H2,1-3H3. The van der Waals surface area contributed by atoms with Crippen LogP contribution in [0.1, 0.15) is 18.4 Å². The molecule has 0 saturated heterocycles. The lowest BCUT2D eigenvalue weighted by Crippen LogP contribution is -2.22. The Morgan fingerprint density at radius 1 is 1.30 bits per heavy atom. The smallest absolute Gasteiger partial charge is 0.254 e. The van der Waals surface area contributed by atoms with Gasteiger partial charge in [0, 0.05) is 38.2 Å². The van der Waals surface area contributed by atoms with Gasteiger partial charge in [-0.1, -0.05) is 6.92 Å². The third kappa shape index (κ3) is 2.11. The molecule has 0 radical (unpaired) electrons. The van der Waals surface area contributed by atoms with Crippen molar-refractivity contribution in [3.8, 4) is 0 Å². The highest BCUT2D eigenvalue weighted by Crippen LogP contribution is 2.17. The predicted octanol–water partition coefficient (Wildman–Crippen LogP) is 1.06. The number of aryl methyl sites for hydroxylation is 2. The van der Waals surface area contributed by atoms with Crippen molar-refractivity contribution in [2.24, 2.45) is 7.05 Å². The first-order chi connectivity index (χ1) is 9.69. The average molecular weight is 271 g/mol. The second kappa shape index (κ2) is 4.92. The highest BCUT2D eigenvalue weighted by Gasteiger charge is 2.12. The maximum absolute atomic E-state index is 4.45. The fourth-order valence-corrected chi connectivity index (χ4v) is 2.14. The summed E-state index contributed by atoms with van der Waals surface area (Å²) in [6, 6.07) is 2.05. The highest BCUT2D eigenvalue weighted by atomic mass is 15.4. The molecule has 0 fully saturated rings. The van der Waals surface area contributed by atoms with Crippen molar-refractivity contribution >= 4 is 11.6 Å². The molecule has 0 unspecified atom stereocenters. The summed E-state index contributed by atoms with van der Waals surface area (Å²) in [4.78, 5) is 15.1. The van der Waals surface area contributed by atoms with E-state index in [-0.39, 0.29) is 0 Å². The third-order valence-corrected chi connectivity index (χ3v) is 3.34. The van der Waals surface area contributed by atoms with Gasteiger partial charge in [0.2, 0.25) is 0 Å². The molecule has 0 aliphatic carbocycles. The lowest BCUT2D eigenvalue weighted by atomic mass is 10.3. The van der Waals surface area contributed by atoms with Crippen LogP contribution in [-0.4, -0.2) is 36.2 Å². The number of anilines is 1. The maximum Gasteiger partial charge on any atom is 0.254 e. The van der Waals surface area contributed by atoms with E-state index in [1.165, 1.54) is 6.33 Å². The summed E-state index contributed by atoms with van der Waals surface area (Å²) in [5.41, 5.74) is 1.01. The van der Waals surface area contributed by atoms with E-state index in [0.29, 0.717) is 12.3 Å². The zero-order chi connectivity index (χ0) is 14.1. The molecule has 0 saturated carbocycles. The van der Waals surface area contributed by atoms with E-state index in [9.17, 15) is 0 Å². The normalized spacial score (nSPS) is 11.2. The van der Waals surface area contributed by atoms with Crippen molar-refractivity contribution in [2.45, 2.75) is 19.9 Å². The Kier molecular flexibility index (Phi) is 3.09. The minimum atomic E-state index is 0.631. The van der Waals surface area contributed by atoms with Crippen LogP contribution in [0.3, 0.4) is 0 Å². The first-order valence-corrected chi connectivity index (χ1v) is 6.56. The second-order valence-corrected chi connectivity index (χ2v) is 4.74. The van der Waals surface area contributed by atoms with Crippen LogP contribution in [0.4, 0.5) is 5.82 Å². The number of hydrogen-bond acceptors (Lipinski definition) is 5. The zero-order valence-electron chi connectivity index (χ0n) is 11.9. The van der Waals surface area contributed by atoms with Crippen LogP contribution in [0, 0.1) is 0 Å². The summed E-state index contributed by atoms with van der Waals surface area (Å²) in [5.74, 6) is 2.59. The molecule has 7 heteroatoms. The monoisotopic (exact) mass is 271 g/mol. The topological polar surface area (TPSA) is 64.1 Å². The van der Waals surface area contributed by atoms with E-state index in [0.717, 1.165) is 23.8 Å². The Morgan fingerprint density at radius 2 is 2.15 bits per heavy atom. The summed E-state index contributed by atoms with van der Waals surface area (Å²) in [6.07, 6.45) is 6.14. The molecule has 0 aliphatic rings. The number of nitrogens with zero attached hydrogens (tertiary/aromatic N) is 7. The van der Waals surface area contributed by atoms with Gasteiger partial charge >= 0.3 is 0 Å². The summed E-state index contributed by atoms with van der Waals surface area (Å²) >= 11 is 0. The Balaban J connectivity index is 2.00. The van der Waals surface area contributed by atoms with Crippen molar-refractivity contribution in [2.75, 3.05) is 11.9 Å². The number of hydrogen-bond donors (Lipinski definition) is 0. The number of fused-ring (bicyclic) bond motifs is 1. The van der Waals surface area contributed by atoms with Crippen molar-refractivity contribution in [3.63, 3.8) is 0 Å². The maximum atomic E-state index is 4.45. The van der Waals surface area contributed by atoms with Crippen LogP contribution in [0.25, 0.3) is 5.78 Å². The van der Waals surface area contributed by atoms with Crippen LogP contribution in [0.2, 0.25) is 0 Å². The molecule has 0 aromatic carbocycles. The van der Waals surface area contributed by atoms with Gasteiger partial charge in [-0.15, -0.1) is 0 Å². The highest BCUT2D eigenvalue weighted by molar-refractivity contribution is 5.46. The van der Waals surface area contributed by atoms with Crippen molar-refractivity contribution in [1.82, 2.24) is 29.1 Å². The lowest BCUT2D eigenvalue weighted by Gasteiger charge is -2.19. The molecule has 3 aromatic rings. The van der Waals surface area contributed by atoms with E-state index >= 15 is 0 Å². The largest absolute Gasteiger partial charge is 0.352 e. The Hall–Kier alpha value is -2.44. The molecular weight excluding hydrogens is 254 g/mol. The van der Waals surface area contributed by atoms with Crippen LogP contribution >= 0.6 is 0 Å². The van der Waals surface area contributed by atoms with Crippen LogP contribution in [0.15, 0.2) is 24.8 Å². The fraction of sp³-hybridized carbons (Fsp3) is 0.385. The Labute approximate surface area is 116 Å². The second-order valence-electron chi connectivity index (χ2n) is 4.74. The summed E-state index contributed by atoms with van der Waals surface area (Å²) < 4.78 is 3.76. The van der Waals surface area contributed by atoms with E-state index in [1.54, 1.807) is 10.7 Å². The molecule has 0 atom stereocenters. The first kappa shape index (κ1) is 12.6. The zero-order valence-corrected chi connectivity index (χ0v) is 11.9. The van der Waals surface area contributed by atoms with E-state index in [4.69, 9.17) is 0 Å². The first-order valence-electron chi connectivity index (χ1n) is 6.56. The Bertz CT molecular complexity index is 727. The molecule has 0 amide bonds. The van der Waals surface area contributed by atoms with Gasteiger partial charge in [0.15, 0.2) is 0 Å². The molecular formula is C13H17N7. The van der Waals surface area contributed by atoms with Crippen molar-refractivity contribution in [3.05, 3.63) is 36.3 Å². The molecule has 0 N–H and O–H groups in total. The van der Waals surface area contributed by atoms with Gasteiger partial charge in [-0.3, -0.25) is 0 Å². The van der Waals surface area contributed by atoms with Crippen molar-refractivity contribution < 1.29 is 0 Å². The summed E-state index contributed by atoms with van der Waals surface area (Å²) in [6.45, 7) is 2.78. The quantitative estimate of drug-likeness (QED) is 0.710. The van der Waals surface area contributed by atoms with Crippen LogP contribution in [0.5, 0.6) is 0 Å². The number of rotatable bonds is 4. The molecule has 7 nitrogen and oxygen atoms in total. The van der Waals surface area contributed by atoms with Gasteiger partial charge < -0.3 is 9.47 Å². The van der Waals surface area contributed by atoms with Gasteiger partial charge in [-0.25, -0.2) is 9.97 Å². The molecule has 3 aromatic heterocycles. The molecule has 20 heavy (non-hydrogen) atoms. The van der Waals surface area contributed by atoms with Gasteiger partial charge in [0.05, 0.1) is 6.54 Å². The minimum Gasteiger partial charge on any atom is -0.352 e. The number of aromatic nitrogens is 6. The summed E-state index contributed by atoms with van der Waals surface area (Å²) in [7, 11) is 4.01. The van der Waals surface area contributed by atoms with Crippen LogP contribution < -0.4 is 4.90 Å². The molecule has 0 spiro atoms. The third-order valence-electron chi connectivity index (χ3n) is 3.34. The fourth-order valence-electron chi connectivity index (χ4n) is 2.14. The van der Waals surface area contributed by atoms with Crippen LogP contribution in [-0.2, 0) is 20.0 Å². The van der Waals surface area contributed by atoms with Gasteiger partial charge in [0.25, 0.3) is 5.78 Å². The molecule has 3 rings (SSSR count). The molecule has 104 valence electrons. The Morgan fingerprint density at radius 3 is 2.85 bits per heavy atom. The van der Waals surface area contributed by atoms with Gasteiger partial charge in [0.1, 0.15) is 18.0 Å². The van der Waals surface area contributed by atoms with E-state index in [2.05, 4.69) is 31.9 Å². The molecule has 3 heterocycles.